The van der Waals surface area contributed by atoms with E-state index in [9.17, 15) is 18.0 Å². The molecule has 29 heavy (non-hydrogen) atoms. The Bertz CT molecular complexity index is 1010. The number of allylic oxidation sites excluding steroid dienone is 1. The predicted octanol–water partition coefficient (Wildman–Crippen LogP) is 1.97. The normalized spacial score (nSPS) is 11.1. The molecule has 0 aliphatic carbocycles. The maximum absolute atomic E-state index is 12.0. The maximum atomic E-state index is 12.0. The zero-order valence-electron chi connectivity index (χ0n) is 16.3. The molecule has 0 bridgehead atoms. The molecule has 0 saturated heterocycles. The van der Waals surface area contributed by atoms with Gasteiger partial charge in [0.2, 0.25) is 0 Å². The summed E-state index contributed by atoms with van der Waals surface area (Å²) < 4.78 is 33.5. The average molecular weight is 418 g/mol. The van der Waals surface area contributed by atoms with Gasteiger partial charge in [0, 0.05) is 11.8 Å². The molecule has 2 amide bonds. The number of rotatable bonds is 7. The number of benzene rings is 2. The molecule has 2 rings (SSSR count). The van der Waals surface area contributed by atoms with E-state index in [0.717, 1.165) is 11.8 Å². The van der Waals surface area contributed by atoms with E-state index in [4.69, 9.17) is 9.47 Å². The molecule has 0 aliphatic heterocycles. The Hall–Kier alpha value is -3.33. The highest BCUT2D eigenvalue weighted by atomic mass is 32.2. The topological polar surface area (TPSA) is 111 Å². The van der Waals surface area contributed by atoms with E-state index in [1.54, 1.807) is 12.1 Å². The summed E-state index contributed by atoms with van der Waals surface area (Å²) in [6.45, 7) is 1.56. The number of carbonyl (C=O) groups is 2. The van der Waals surface area contributed by atoms with Crippen molar-refractivity contribution in [3.63, 3.8) is 0 Å². The van der Waals surface area contributed by atoms with Crippen LogP contribution in [0.25, 0.3) is 6.08 Å². The third kappa shape index (κ3) is 6.35. The number of carbonyl (C=O) groups excluding carboxylic acids is 2. The van der Waals surface area contributed by atoms with E-state index >= 15 is 0 Å². The number of hydrogen-bond donors (Lipinski definition) is 2. The molecule has 9 heteroatoms. The molecular weight excluding hydrogens is 396 g/mol. The third-order valence-electron chi connectivity index (χ3n) is 3.77. The third-order valence-corrected chi connectivity index (χ3v) is 4.89. The number of amides is 2. The molecule has 0 radical (unpaired) electrons. The number of ether oxygens (including phenoxy) is 2. The van der Waals surface area contributed by atoms with Crippen LogP contribution in [0, 0.1) is 0 Å². The van der Waals surface area contributed by atoms with Gasteiger partial charge >= 0.3 is 0 Å². The van der Waals surface area contributed by atoms with Crippen LogP contribution >= 0.6 is 0 Å². The standard InChI is InChI=1S/C20H22N2O6S/c1-4-5-14-6-11-17(18(12-14)27-2)28-13-19(23)21-22-20(24)15-7-9-16(10-8-15)29(3,25)26/h4-12H,13H2,1-3H3,(H,21,23)(H,22,24)/b5-4+. The second kappa shape index (κ2) is 9.74. The highest BCUT2D eigenvalue weighted by molar-refractivity contribution is 7.90. The minimum absolute atomic E-state index is 0.0980. The van der Waals surface area contributed by atoms with Crippen LogP contribution in [0.3, 0.4) is 0 Å². The van der Waals surface area contributed by atoms with Crippen LogP contribution in [0.15, 0.2) is 53.4 Å². The van der Waals surface area contributed by atoms with Crippen molar-refractivity contribution in [2.24, 2.45) is 0 Å². The molecule has 0 aromatic heterocycles. The summed E-state index contributed by atoms with van der Waals surface area (Å²) in [7, 11) is -1.85. The molecule has 0 aliphatic rings. The number of hydrazine groups is 1. The molecule has 0 heterocycles. The van der Waals surface area contributed by atoms with Crippen molar-refractivity contribution < 1.29 is 27.5 Å². The number of sulfone groups is 1. The van der Waals surface area contributed by atoms with Gasteiger partial charge in [-0.1, -0.05) is 18.2 Å². The molecule has 0 unspecified atom stereocenters. The van der Waals surface area contributed by atoms with Crippen LogP contribution in [-0.4, -0.2) is 40.2 Å². The van der Waals surface area contributed by atoms with Gasteiger partial charge in [-0.05, 0) is 48.9 Å². The summed E-state index contributed by atoms with van der Waals surface area (Å²) in [6, 6.07) is 10.6. The summed E-state index contributed by atoms with van der Waals surface area (Å²) in [5.74, 6) is -0.306. The smallest absolute Gasteiger partial charge is 0.276 e. The van der Waals surface area contributed by atoms with Crippen molar-refractivity contribution in [1.82, 2.24) is 10.9 Å². The largest absolute Gasteiger partial charge is 0.493 e. The molecule has 2 N–H and O–H groups in total. The van der Waals surface area contributed by atoms with Gasteiger partial charge in [0.25, 0.3) is 11.8 Å². The van der Waals surface area contributed by atoms with Crippen molar-refractivity contribution in [3.05, 3.63) is 59.7 Å². The Kier molecular flexibility index (Phi) is 7.38. The fourth-order valence-electron chi connectivity index (χ4n) is 2.33. The maximum Gasteiger partial charge on any atom is 0.276 e. The summed E-state index contributed by atoms with van der Waals surface area (Å²) in [6.07, 6.45) is 4.86. The Labute approximate surface area is 169 Å². The van der Waals surface area contributed by atoms with Gasteiger partial charge in [-0.3, -0.25) is 20.4 Å². The number of hydrogen-bond acceptors (Lipinski definition) is 6. The molecule has 8 nitrogen and oxygen atoms in total. The molecular formula is C20H22N2O6S. The van der Waals surface area contributed by atoms with Gasteiger partial charge in [-0.25, -0.2) is 8.42 Å². The second-order valence-corrected chi connectivity index (χ2v) is 8.01. The summed E-state index contributed by atoms with van der Waals surface area (Å²) in [5.41, 5.74) is 5.59. The summed E-state index contributed by atoms with van der Waals surface area (Å²) in [4.78, 5) is 24.1. The first-order chi connectivity index (χ1) is 13.7. The molecule has 2 aromatic rings. The fourth-order valence-corrected chi connectivity index (χ4v) is 2.96. The highest BCUT2D eigenvalue weighted by Gasteiger charge is 2.12. The van der Waals surface area contributed by atoms with Gasteiger partial charge in [0.05, 0.1) is 12.0 Å². The first-order valence-electron chi connectivity index (χ1n) is 8.57. The summed E-state index contributed by atoms with van der Waals surface area (Å²) >= 11 is 0. The molecule has 2 aromatic carbocycles. The Morgan fingerprint density at radius 1 is 1.03 bits per heavy atom. The fraction of sp³-hybridized carbons (Fsp3) is 0.200. The SMILES string of the molecule is C/C=C/c1ccc(OCC(=O)NNC(=O)c2ccc(S(C)(=O)=O)cc2)c(OC)c1. The van der Waals surface area contributed by atoms with Crippen LogP contribution in [-0.2, 0) is 14.6 Å². The van der Waals surface area contributed by atoms with Crippen LogP contribution < -0.4 is 20.3 Å². The van der Waals surface area contributed by atoms with Crippen LogP contribution in [0.4, 0.5) is 0 Å². The molecule has 0 saturated carbocycles. The molecule has 0 atom stereocenters. The van der Waals surface area contributed by atoms with E-state index in [0.29, 0.717) is 11.5 Å². The van der Waals surface area contributed by atoms with Crippen LogP contribution in [0.5, 0.6) is 11.5 Å². The zero-order chi connectivity index (χ0) is 21.4. The average Bonchev–Trinajstić information content (AvgIpc) is 2.70. The highest BCUT2D eigenvalue weighted by Crippen LogP contribution is 2.28. The van der Waals surface area contributed by atoms with E-state index in [1.807, 2.05) is 25.1 Å². The first kappa shape index (κ1) is 22.0. The lowest BCUT2D eigenvalue weighted by Gasteiger charge is -2.12. The van der Waals surface area contributed by atoms with Crippen molar-refractivity contribution in [2.45, 2.75) is 11.8 Å². The number of nitrogens with one attached hydrogen (secondary N) is 2. The Balaban J connectivity index is 1.89. The quantitative estimate of drug-likeness (QED) is 0.665. The summed E-state index contributed by atoms with van der Waals surface area (Å²) in [5, 5.41) is 0. The van der Waals surface area contributed by atoms with Gasteiger partial charge in [0.15, 0.2) is 27.9 Å². The number of methoxy groups -OCH3 is 1. The lowest BCUT2D eigenvalue weighted by atomic mass is 10.2. The minimum atomic E-state index is -3.35. The minimum Gasteiger partial charge on any atom is -0.493 e. The van der Waals surface area contributed by atoms with Crippen molar-refractivity contribution in [1.29, 1.82) is 0 Å². The Morgan fingerprint density at radius 2 is 1.72 bits per heavy atom. The van der Waals surface area contributed by atoms with Crippen molar-refractivity contribution in [3.8, 4) is 11.5 Å². The van der Waals surface area contributed by atoms with Crippen LogP contribution in [0.1, 0.15) is 22.8 Å². The lowest BCUT2D eigenvalue weighted by molar-refractivity contribution is -0.123. The van der Waals surface area contributed by atoms with E-state index in [-0.39, 0.29) is 17.1 Å². The van der Waals surface area contributed by atoms with Gasteiger partial charge in [-0.2, -0.15) is 0 Å². The monoisotopic (exact) mass is 418 g/mol. The first-order valence-corrected chi connectivity index (χ1v) is 10.5. The predicted molar refractivity (Wildman–Crippen MR) is 108 cm³/mol. The molecule has 154 valence electrons. The van der Waals surface area contributed by atoms with E-state index in [1.165, 1.54) is 31.4 Å². The molecule has 0 fully saturated rings. The second-order valence-electron chi connectivity index (χ2n) is 6.00. The Morgan fingerprint density at radius 3 is 2.31 bits per heavy atom. The van der Waals surface area contributed by atoms with E-state index in [2.05, 4.69) is 10.9 Å². The van der Waals surface area contributed by atoms with Crippen LogP contribution in [0.2, 0.25) is 0 Å². The zero-order valence-corrected chi connectivity index (χ0v) is 17.1. The molecule has 0 spiro atoms. The van der Waals surface area contributed by atoms with Crippen molar-refractivity contribution in [2.75, 3.05) is 20.0 Å². The van der Waals surface area contributed by atoms with Gasteiger partial charge in [0.1, 0.15) is 0 Å². The lowest BCUT2D eigenvalue weighted by Crippen LogP contribution is -2.43. The van der Waals surface area contributed by atoms with Gasteiger partial charge < -0.3 is 9.47 Å². The van der Waals surface area contributed by atoms with Crippen molar-refractivity contribution >= 4 is 27.7 Å². The van der Waals surface area contributed by atoms with E-state index < -0.39 is 21.7 Å². The van der Waals surface area contributed by atoms with Gasteiger partial charge in [-0.15, -0.1) is 0 Å².